The van der Waals surface area contributed by atoms with Gasteiger partial charge in [-0.2, -0.15) is 5.10 Å². The van der Waals surface area contributed by atoms with Crippen molar-refractivity contribution < 1.29 is 9.53 Å². The van der Waals surface area contributed by atoms with Gasteiger partial charge >= 0.3 is 5.97 Å². The van der Waals surface area contributed by atoms with Gasteiger partial charge in [0.2, 0.25) is 0 Å². The van der Waals surface area contributed by atoms with Gasteiger partial charge in [-0.1, -0.05) is 30.3 Å². The number of rotatable bonds is 7. The fraction of sp³-hybridized carbons (Fsp3) is 0.200. The molecule has 4 aromatic rings. The number of esters is 1. The Kier molecular flexibility index (Phi) is 5.01. The van der Waals surface area contributed by atoms with Gasteiger partial charge < -0.3 is 14.3 Å². The first-order valence-electron chi connectivity index (χ1n) is 9.06. The van der Waals surface area contributed by atoms with E-state index in [0.717, 1.165) is 29.1 Å². The van der Waals surface area contributed by atoms with Gasteiger partial charge in [0.05, 0.1) is 42.4 Å². The molecule has 0 fully saturated rings. The maximum Gasteiger partial charge on any atom is 0.357 e. The molecule has 3 aromatic heterocycles. The molecule has 0 saturated heterocycles. The normalized spacial score (nSPS) is 10.9. The highest BCUT2D eigenvalue weighted by Gasteiger charge is 2.23. The van der Waals surface area contributed by atoms with Crippen LogP contribution in [0, 0.1) is 0 Å². The Hall–Kier alpha value is -3.68. The van der Waals surface area contributed by atoms with E-state index in [-0.39, 0.29) is 0 Å². The number of H-pyrrole nitrogens is 2. The highest BCUT2D eigenvalue weighted by atomic mass is 16.5. The maximum absolute atomic E-state index is 12.4. The van der Waals surface area contributed by atoms with Gasteiger partial charge in [0.15, 0.2) is 5.69 Å². The van der Waals surface area contributed by atoms with Gasteiger partial charge in [-0.05, 0) is 6.92 Å². The van der Waals surface area contributed by atoms with Crippen molar-refractivity contribution in [1.29, 1.82) is 0 Å². The van der Waals surface area contributed by atoms with Crippen molar-refractivity contribution in [2.75, 3.05) is 6.61 Å². The third-order valence-corrected chi connectivity index (χ3v) is 4.44. The average molecular weight is 376 g/mol. The van der Waals surface area contributed by atoms with E-state index in [1.165, 1.54) is 0 Å². The molecule has 0 spiro atoms. The number of nitrogens with one attached hydrogen (secondary N) is 2. The van der Waals surface area contributed by atoms with Crippen LogP contribution < -0.4 is 0 Å². The molecule has 0 saturated carbocycles. The van der Waals surface area contributed by atoms with E-state index in [1.807, 2.05) is 34.9 Å². The van der Waals surface area contributed by atoms with Crippen molar-refractivity contribution in [3.05, 3.63) is 66.8 Å². The molecule has 8 heteroatoms. The van der Waals surface area contributed by atoms with E-state index in [1.54, 1.807) is 32.0 Å². The molecule has 0 aliphatic heterocycles. The van der Waals surface area contributed by atoms with Crippen LogP contribution in [0.15, 0.2) is 55.4 Å². The second-order valence-corrected chi connectivity index (χ2v) is 6.21. The lowest BCUT2D eigenvalue weighted by Gasteiger charge is -2.10. The Bertz CT molecular complexity index is 1050. The Morgan fingerprint density at radius 1 is 1.21 bits per heavy atom. The molecule has 2 N–H and O–H groups in total. The third-order valence-electron chi connectivity index (χ3n) is 4.44. The third kappa shape index (κ3) is 3.44. The number of aromatic nitrogens is 6. The summed E-state index contributed by atoms with van der Waals surface area (Å²) in [5.41, 5.74) is 4.59. The zero-order chi connectivity index (χ0) is 19.3. The molecular weight excluding hydrogens is 356 g/mol. The predicted octanol–water partition coefficient (Wildman–Crippen LogP) is 3.08. The topological polar surface area (TPSA) is 101 Å². The summed E-state index contributed by atoms with van der Waals surface area (Å²) in [6.07, 6.45) is 7.65. The van der Waals surface area contributed by atoms with Gasteiger partial charge in [0.1, 0.15) is 0 Å². The Morgan fingerprint density at radius 3 is 2.82 bits per heavy atom. The van der Waals surface area contributed by atoms with E-state index in [4.69, 9.17) is 4.74 Å². The first-order valence-corrected chi connectivity index (χ1v) is 9.06. The van der Waals surface area contributed by atoms with E-state index < -0.39 is 5.97 Å². The van der Waals surface area contributed by atoms with E-state index in [2.05, 4.69) is 25.1 Å². The number of aryl methyl sites for hydroxylation is 2. The van der Waals surface area contributed by atoms with E-state index in [9.17, 15) is 4.79 Å². The second kappa shape index (κ2) is 7.91. The summed E-state index contributed by atoms with van der Waals surface area (Å²) in [7, 11) is 0. The SMILES string of the molecule is CCOC(=O)c1[nH]ncc1-c1c(-c2ccccc2)ncn1CCc1cnc[nH]1. The molecule has 0 aliphatic rings. The van der Waals surface area contributed by atoms with Gasteiger partial charge in [-0.25, -0.2) is 14.8 Å². The van der Waals surface area contributed by atoms with E-state index in [0.29, 0.717) is 24.4 Å². The monoisotopic (exact) mass is 376 g/mol. The minimum absolute atomic E-state index is 0.294. The zero-order valence-electron chi connectivity index (χ0n) is 15.4. The number of carbonyl (C=O) groups excluding carboxylic acids is 1. The maximum atomic E-state index is 12.4. The first-order chi connectivity index (χ1) is 13.8. The highest BCUT2D eigenvalue weighted by molar-refractivity contribution is 5.96. The van der Waals surface area contributed by atoms with Crippen LogP contribution in [0.1, 0.15) is 23.1 Å². The van der Waals surface area contributed by atoms with Crippen molar-refractivity contribution in [3.63, 3.8) is 0 Å². The number of carbonyl (C=O) groups is 1. The summed E-state index contributed by atoms with van der Waals surface area (Å²) in [5.74, 6) is -0.435. The van der Waals surface area contributed by atoms with Crippen molar-refractivity contribution in [1.82, 2.24) is 29.7 Å². The van der Waals surface area contributed by atoms with Gasteiger partial charge in [-0.15, -0.1) is 0 Å². The van der Waals surface area contributed by atoms with Crippen molar-refractivity contribution >= 4 is 5.97 Å². The smallest absolute Gasteiger partial charge is 0.357 e. The van der Waals surface area contributed by atoms with Crippen molar-refractivity contribution in [3.8, 4) is 22.5 Å². The fourth-order valence-electron chi connectivity index (χ4n) is 3.13. The number of hydrogen-bond donors (Lipinski definition) is 2. The zero-order valence-corrected chi connectivity index (χ0v) is 15.4. The second-order valence-electron chi connectivity index (χ2n) is 6.21. The lowest BCUT2D eigenvalue weighted by atomic mass is 10.0. The van der Waals surface area contributed by atoms with Crippen molar-refractivity contribution in [2.24, 2.45) is 0 Å². The molecule has 0 amide bonds. The molecule has 3 heterocycles. The average Bonchev–Trinajstić information content (AvgIpc) is 3.46. The fourth-order valence-corrected chi connectivity index (χ4v) is 3.13. The number of nitrogens with zero attached hydrogens (tertiary/aromatic N) is 4. The quantitative estimate of drug-likeness (QED) is 0.483. The molecule has 0 bridgehead atoms. The summed E-state index contributed by atoms with van der Waals surface area (Å²) in [5, 5.41) is 6.86. The summed E-state index contributed by atoms with van der Waals surface area (Å²) in [6, 6.07) is 9.87. The van der Waals surface area contributed by atoms with Gasteiger partial charge in [0, 0.05) is 30.4 Å². The molecule has 8 nitrogen and oxygen atoms in total. The van der Waals surface area contributed by atoms with Crippen LogP contribution in [0.3, 0.4) is 0 Å². The molecule has 4 rings (SSSR count). The van der Waals surface area contributed by atoms with Crippen molar-refractivity contribution in [2.45, 2.75) is 19.9 Å². The van der Waals surface area contributed by atoms with Crippen LogP contribution in [0.5, 0.6) is 0 Å². The molecule has 0 unspecified atom stereocenters. The Morgan fingerprint density at radius 2 is 2.07 bits per heavy atom. The molecule has 0 atom stereocenters. The van der Waals surface area contributed by atoms with Crippen LogP contribution >= 0.6 is 0 Å². The largest absolute Gasteiger partial charge is 0.461 e. The van der Waals surface area contributed by atoms with Crippen LogP contribution in [-0.4, -0.2) is 42.3 Å². The van der Waals surface area contributed by atoms with Crippen LogP contribution in [-0.2, 0) is 17.7 Å². The molecular formula is C20H20N6O2. The summed E-state index contributed by atoms with van der Waals surface area (Å²) in [4.78, 5) is 24.2. The number of benzene rings is 1. The Labute approximate surface area is 161 Å². The minimum atomic E-state index is -0.435. The lowest BCUT2D eigenvalue weighted by Crippen LogP contribution is -2.09. The highest BCUT2D eigenvalue weighted by Crippen LogP contribution is 2.33. The number of imidazole rings is 2. The Balaban J connectivity index is 1.78. The molecule has 0 radical (unpaired) electrons. The van der Waals surface area contributed by atoms with Crippen LogP contribution in [0.4, 0.5) is 0 Å². The van der Waals surface area contributed by atoms with Gasteiger partial charge in [-0.3, -0.25) is 5.10 Å². The van der Waals surface area contributed by atoms with Gasteiger partial charge in [0.25, 0.3) is 0 Å². The predicted molar refractivity (Wildman–Crippen MR) is 103 cm³/mol. The summed E-state index contributed by atoms with van der Waals surface area (Å²) in [6.45, 7) is 2.74. The number of aromatic amines is 2. The molecule has 0 aliphatic carbocycles. The minimum Gasteiger partial charge on any atom is -0.461 e. The molecule has 142 valence electrons. The summed E-state index contributed by atoms with van der Waals surface area (Å²) >= 11 is 0. The first kappa shape index (κ1) is 17.7. The van der Waals surface area contributed by atoms with E-state index >= 15 is 0 Å². The number of hydrogen-bond acceptors (Lipinski definition) is 5. The van der Waals surface area contributed by atoms with Crippen LogP contribution in [0.25, 0.3) is 22.5 Å². The molecule has 28 heavy (non-hydrogen) atoms. The lowest BCUT2D eigenvalue weighted by molar-refractivity contribution is 0.0520. The standard InChI is InChI=1S/C20H20N6O2/c1-2-28-20(27)18-16(11-24-25-18)19-17(14-6-4-3-5-7-14)23-13-26(19)9-8-15-10-21-12-22-15/h3-7,10-13H,2,8-9H2,1H3,(H,21,22)(H,24,25). The number of ether oxygens (including phenoxy) is 1. The summed E-state index contributed by atoms with van der Waals surface area (Å²) < 4.78 is 7.20. The van der Waals surface area contributed by atoms with Crippen LogP contribution in [0.2, 0.25) is 0 Å². The molecule has 1 aromatic carbocycles.